The maximum Gasteiger partial charge on any atom is 0.332 e. The average Bonchev–Trinajstić information content (AvgIpc) is 3.35. The van der Waals surface area contributed by atoms with Gasteiger partial charge >= 0.3 is 5.69 Å². The van der Waals surface area contributed by atoms with E-state index in [-0.39, 0.29) is 5.56 Å². The van der Waals surface area contributed by atoms with Crippen LogP contribution in [0.3, 0.4) is 0 Å². The fraction of sp³-hybridized carbons (Fsp3) is 0.208. The smallest absolute Gasteiger partial charge is 0.279 e. The van der Waals surface area contributed by atoms with Gasteiger partial charge in [0, 0.05) is 30.9 Å². The molecule has 0 saturated heterocycles. The van der Waals surface area contributed by atoms with E-state index < -0.39 is 5.69 Å². The van der Waals surface area contributed by atoms with Gasteiger partial charge in [0.2, 0.25) is 5.78 Å². The molecule has 5 aromatic rings. The number of hydrogen-bond donors (Lipinski definition) is 0. The van der Waals surface area contributed by atoms with Crippen molar-refractivity contribution >= 4 is 28.5 Å². The SMILES string of the molecule is CCc1ccc(-c2cn3c4c(=O)n(C)c(=O)n(C)c4nc3n2-c2cccc(Cl)c2C)cc1. The minimum atomic E-state index is -0.413. The molecule has 8 heteroatoms. The van der Waals surface area contributed by atoms with E-state index in [2.05, 4.69) is 31.2 Å². The minimum absolute atomic E-state index is 0.342. The highest BCUT2D eigenvalue weighted by Crippen LogP contribution is 2.32. The van der Waals surface area contributed by atoms with Crippen LogP contribution in [0.25, 0.3) is 33.9 Å². The normalized spacial score (nSPS) is 11.7. The highest BCUT2D eigenvalue weighted by molar-refractivity contribution is 6.31. The number of hydrogen-bond acceptors (Lipinski definition) is 3. The molecule has 3 aromatic heterocycles. The number of nitrogens with zero attached hydrogens (tertiary/aromatic N) is 5. The Kier molecular flexibility index (Phi) is 4.60. The summed E-state index contributed by atoms with van der Waals surface area (Å²) in [6.07, 6.45) is 2.85. The average molecular weight is 448 g/mol. The maximum absolute atomic E-state index is 13.0. The lowest BCUT2D eigenvalue weighted by Gasteiger charge is -2.13. The molecule has 0 atom stereocenters. The van der Waals surface area contributed by atoms with Gasteiger partial charge < -0.3 is 0 Å². The lowest BCUT2D eigenvalue weighted by molar-refractivity contribution is 0.708. The van der Waals surface area contributed by atoms with Crippen LogP contribution in [0.2, 0.25) is 5.02 Å². The zero-order chi connectivity index (χ0) is 22.7. The van der Waals surface area contributed by atoms with Gasteiger partial charge in [-0.1, -0.05) is 48.9 Å². The summed E-state index contributed by atoms with van der Waals surface area (Å²) in [4.78, 5) is 30.2. The molecule has 5 rings (SSSR count). The van der Waals surface area contributed by atoms with Crippen molar-refractivity contribution in [3.8, 4) is 16.9 Å². The quantitative estimate of drug-likeness (QED) is 0.421. The Morgan fingerprint density at radius 3 is 2.41 bits per heavy atom. The van der Waals surface area contributed by atoms with Gasteiger partial charge in [-0.2, -0.15) is 4.98 Å². The van der Waals surface area contributed by atoms with Crippen molar-refractivity contribution in [2.24, 2.45) is 14.1 Å². The Balaban J connectivity index is 1.96. The first-order valence-corrected chi connectivity index (χ1v) is 10.8. The van der Waals surface area contributed by atoms with Gasteiger partial charge in [0.25, 0.3) is 5.56 Å². The third-order valence-electron chi connectivity index (χ3n) is 6.10. The Bertz CT molecular complexity index is 1630. The maximum atomic E-state index is 13.0. The summed E-state index contributed by atoms with van der Waals surface area (Å²) >= 11 is 6.45. The number of rotatable bonds is 3. The molecule has 0 aliphatic carbocycles. The summed E-state index contributed by atoms with van der Waals surface area (Å²) in [5, 5.41) is 0.640. The zero-order valence-corrected chi connectivity index (χ0v) is 19.0. The van der Waals surface area contributed by atoms with Crippen molar-refractivity contribution in [3.63, 3.8) is 0 Å². The lowest BCUT2D eigenvalue weighted by Crippen LogP contribution is -2.37. The molecule has 32 heavy (non-hydrogen) atoms. The number of imidazole rings is 2. The van der Waals surface area contributed by atoms with E-state index in [0.29, 0.717) is 22.0 Å². The largest absolute Gasteiger partial charge is 0.332 e. The number of fused-ring (bicyclic) bond motifs is 3. The number of halogens is 1. The molecule has 0 aliphatic rings. The first kappa shape index (κ1) is 20.3. The Morgan fingerprint density at radius 2 is 1.72 bits per heavy atom. The lowest BCUT2D eigenvalue weighted by atomic mass is 10.1. The van der Waals surface area contributed by atoms with E-state index in [9.17, 15) is 9.59 Å². The van der Waals surface area contributed by atoms with Gasteiger partial charge in [0.05, 0.1) is 11.4 Å². The molecule has 0 bridgehead atoms. The van der Waals surface area contributed by atoms with Crippen LogP contribution in [-0.4, -0.2) is 23.1 Å². The minimum Gasteiger partial charge on any atom is -0.279 e. The second-order valence-electron chi connectivity index (χ2n) is 7.94. The van der Waals surface area contributed by atoms with Crippen LogP contribution < -0.4 is 11.2 Å². The predicted molar refractivity (Wildman–Crippen MR) is 127 cm³/mol. The van der Waals surface area contributed by atoms with E-state index in [0.717, 1.165) is 33.5 Å². The van der Waals surface area contributed by atoms with E-state index in [1.54, 1.807) is 11.4 Å². The number of aryl methyl sites for hydroxylation is 2. The van der Waals surface area contributed by atoms with Gasteiger partial charge in [0.15, 0.2) is 11.2 Å². The molecule has 7 nitrogen and oxygen atoms in total. The van der Waals surface area contributed by atoms with Crippen LogP contribution in [0.15, 0.2) is 58.3 Å². The monoisotopic (exact) mass is 447 g/mol. The highest BCUT2D eigenvalue weighted by atomic mass is 35.5. The van der Waals surface area contributed by atoms with Gasteiger partial charge in [-0.3, -0.25) is 22.9 Å². The van der Waals surface area contributed by atoms with Gasteiger partial charge in [-0.05, 0) is 36.6 Å². The van der Waals surface area contributed by atoms with Crippen molar-refractivity contribution in [2.75, 3.05) is 0 Å². The number of aromatic nitrogens is 5. The van der Waals surface area contributed by atoms with Crippen LogP contribution in [0.1, 0.15) is 18.1 Å². The molecular formula is C24H22ClN5O2. The summed E-state index contributed by atoms with van der Waals surface area (Å²) in [7, 11) is 3.10. The fourth-order valence-electron chi connectivity index (χ4n) is 4.16. The molecule has 0 radical (unpaired) electrons. The second kappa shape index (κ2) is 7.24. The summed E-state index contributed by atoms with van der Waals surface area (Å²) in [6.45, 7) is 4.07. The fourth-order valence-corrected chi connectivity index (χ4v) is 4.33. The molecule has 0 aliphatic heterocycles. The number of benzene rings is 2. The van der Waals surface area contributed by atoms with Crippen molar-refractivity contribution in [1.29, 1.82) is 0 Å². The van der Waals surface area contributed by atoms with E-state index >= 15 is 0 Å². The third kappa shape index (κ3) is 2.78. The molecule has 0 spiro atoms. The van der Waals surface area contributed by atoms with Gasteiger partial charge in [-0.15, -0.1) is 0 Å². The van der Waals surface area contributed by atoms with Crippen molar-refractivity contribution in [3.05, 3.63) is 85.6 Å². The Labute approximate surface area is 188 Å². The second-order valence-corrected chi connectivity index (χ2v) is 8.35. The predicted octanol–water partition coefficient (Wildman–Crippen LogP) is 3.87. The van der Waals surface area contributed by atoms with Gasteiger partial charge in [0.1, 0.15) is 0 Å². The summed E-state index contributed by atoms with van der Waals surface area (Å²) in [6, 6.07) is 14.0. The molecule has 3 heterocycles. The molecule has 2 aromatic carbocycles. The molecule has 0 saturated carbocycles. The topological polar surface area (TPSA) is 66.2 Å². The van der Waals surface area contributed by atoms with Crippen LogP contribution >= 0.6 is 11.6 Å². The standard InChI is InChI=1S/C24H22ClN5O2/c1-5-15-9-11-16(12-10-15)19-13-29-20-21(27(3)24(32)28(4)22(20)31)26-23(29)30(19)18-8-6-7-17(25)14(18)2/h6-13H,5H2,1-4H3. The summed E-state index contributed by atoms with van der Waals surface area (Å²) in [5.74, 6) is 0.540. The molecule has 0 amide bonds. The molecular weight excluding hydrogens is 426 g/mol. The van der Waals surface area contributed by atoms with E-state index in [1.807, 2.05) is 35.9 Å². The van der Waals surface area contributed by atoms with Crippen LogP contribution in [0.4, 0.5) is 0 Å². The van der Waals surface area contributed by atoms with Crippen LogP contribution in [-0.2, 0) is 20.5 Å². The molecule has 0 N–H and O–H groups in total. The Hall–Kier alpha value is -3.58. The summed E-state index contributed by atoms with van der Waals surface area (Å²) in [5.41, 5.74) is 4.76. The molecule has 0 fully saturated rings. The first-order valence-electron chi connectivity index (χ1n) is 10.4. The molecule has 0 unspecified atom stereocenters. The van der Waals surface area contributed by atoms with Crippen molar-refractivity contribution in [1.82, 2.24) is 23.1 Å². The highest BCUT2D eigenvalue weighted by Gasteiger charge is 2.22. The summed E-state index contributed by atoms with van der Waals surface area (Å²) < 4.78 is 6.26. The van der Waals surface area contributed by atoms with Crippen LogP contribution in [0.5, 0.6) is 0 Å². The van der Waals surface area contributed by atoms with E-state index in [1.165, 1.54) is 17.2 Å². The third-order valence-corrected chi connectivity index (χ3v) is 6.51. The molecule has 162 valence electrons. The first-order chi connectivity index (χ1) is 15.3. The Morgan fingerprint density at radius 1 is 1.00 bits per heavy atom. The van der Waals surface area contributed by atoms with Crippen molar-refractivity contribution in [2.45, 2.75) is 20.3 Å². The van der Waals surface area contributed by atoms with E-state index in [4.69, 9.17) is 16.6 Å². The van der Waals surface area contributed by atoms with Crippen molar-refractivity contribution < 1.29 is 0 Å². The van der Waals surface area contributed by atoms with Gasteiger partial charge in [-0.25, -0.2) is 4.79 Å². The zero-order valence-electron chi connectivity index (χ0n) is 18.3. The van der Waals surface area contributed by atoms with Crippen LogP contribution in [0, 0.1) is 6.92 Å².